The molecule has 0 aromatic rings. The fraction of sp³-hybridized carbons (Fsp3) is 0.846. The minimum absolute atomic E-state index is 0.134. The van der Waals surface area contributed by atoms with E-state index in [0.29, 0.717) is 0 Å². The molecule has 106 valence electrons. The van der Waals surface area contributed by atoms with Gasteiger partial charge in [0.15, 0.2) is 0 Å². The fourth-order valence-electron chi connectivity index (χ4n) is 1.31. The van der Waals surface area contributed by atoms with Crippen LogP contribution in [0, 0.1) is 0 Å². The van der Waals surface area contributed by atoms with Crippen molar-refractivity contribution in [2.75, 3.05) is 0 Å². The smallest absolute Gasteiger partial charge is 0.408 e. The van der Waals surface area contributed by atoms with Crippen molar-refractivity contribution in [2.24, 2.45) is 0 Å². The highest BCUT2D eigenvalue weighted by Crippen LogP contribution is 2.07. The van der Waals surface area contributed by atoms with Gasteiger partial charge < -0.3 is 14.8 Å². The van der Waals surface area contributed by atoms with Gasteiger partial charge in [-0.2, -0.15) is 0 Å². The first-order chi connectivity index (χ1) is 8.15. The summed E-state index contributed by atoms with van der Waals surface area (Å²) in [6.45, 7) is 10.7. The molecule has 18 heavy (non-hydrogen) atoms. The van der Waals surface area contributed by atoms with E-state index in [1.807, 2.05) is 13.8 Å². The molecule has 1 amide bonds. The van der Waals surface area contributed by atoms with Crippen molar-refractivity contribution < 1.29 is 19.1 Å². The molecule has 2 atom stereocenters. The molecule has 0 saturated heterocycles. The number of hydrogen-bond acceptors (Lipinski definition) is 4. The molecular weight excluding hydrogens is 234 g/mol. The van der Waals surface area contributed by atoms with Gasteiger partial charge in [-0.05, 0) is 41.0 Å². The number of hydrogen-bond donors (Lipinski definition) is 1. The predicted octanol–water partition coefficient (Wildman–Crippen LogP) is 2.63. The number of carbonyl (C=O) groups is 2. The molecule has 0 aromatic heterocycles. The van der Waals surface area contributed by atoms with Gasteiger partial charge in [-0.15, -0.1) is 0 Å². The van der Waals surface area contributed by atoms with Crippen LogP contribution in [0.15, 0.2) is 0 Å². The van der Waals surface area contributed by atoms with Gasteiger partial charge in [0.1, 0.15) is 11.6 Å². The van der Waals surface area contributed by atoms with Gasteiger partial charge >= 0.3 is 12.1 Å². The maximum Gasteiger partial charge on any atom is 0.408 e. The Morgan fingerprint density at radius 1 is 1.22 bits per heavy atom. The summed E-state index contributed by atoms with van der Waals surface area (Å²) in [7, 11) is 0. The maximum absolute atomic E-state index is 11.6. The summed E-state index contributed by atoms with van der Waals surface area (Å²) in [5.74, 6) is -0.443. The molecule has 0 spiro atoms. The lowest BCUT2D eigenvalue weighted by atomic mass is 10.2. The van der Waals surface area contributed by atoms with Crippen LogP contribution in [-0.4, -0.2) is 29.8 Å². The monoisotopic (exact) mass is 259 g/mol. The molecule has 0 aromatic carbocycles. The summed E-state index contributed by atoms with van der Waals surface area (Å²) in [6, 6.07) is -0.709. The van der Waals surface area contributed by atoms with Crippen LogP contribution in [0.5, 0.6) is 0 Å². The minimum Gasteiger partial charge on any atom is -0.461 e. The molecule has 0 heterocycles. The molecule has 0 fully saturated rings. The van der Waals surface area contributed by atoms with Gasteiger partial charge in [0.2, 0.25) is 0 Å². The highest BCUT2D eigenvalue weighted by molar-refractivity contribution is 5.81. The van der Waals surface area contributed by atoms with E-state index in [1.54, 1.807) is 27.7 Å². The normalized spacial score (nSPS) is 14.6. The van der Waals surface area contributed by atoms with Gasteiger partial charge in [0, 0.05) is 0 Å². The molecular formula is C13H25NO4. The number of carbonyl (C=O) groups excluding carboxylic acids is 2. The fourth-order valence-corrected chi connectivity index (χ4v) is 1.31. The van der Waals surface area contributed by atoms with Crippen LogP contribution in [0.25, 0.3) is 0 Å². The zero-order valence-corrected chi connectivity index (χ0v) is 12.2. The third-order valence-electron chi connectivity index (χ3n) is 2.10. The van der Waals surface area contributed by atoms with E-state index in [9.17, 15) is 9.59 Å². The van der Waals surface area contributed by atoms with Crippen LogP contribution in [0.3, 0.4) is 0 Å². The first-order valence-electron chi connectivity index (χ1n) is 6.35. The Bertz CT molecular complexity index is 283. The quantitative estimate of drug-likeness (QED) is 0.771. The number of rotatable bonds is 5. The lowest BCUT2D eigenvalue weighted by molar-refractivity contribution is -0.150. The Morgan fingerprint density at radius 3 is 2.22 bits per heavy atom. The number of nitrogens with one attached hydrogen (secondary N) is 1. The standard InChI is InChI=1S/C13H25NO4/c1-7-8-9(2)17-11(15)10(3)14-12(16)18-13(4,5)6/h9-10H,7-8H2,1-6H3,(H,14,16). The van der Waals surface area contributed by atoms with Gasteiger partial charge in [0.25, 0.3) is 0 Å². The third kappa shape index (κ3) is 7.92. The predicted molar refractivity (Wildman–Crippen MR) is 69.3 cm³/mol. The molecule has 1 N–H and O–H groups in total. The summed E-state index contributed by atoms with van der Waals surface area (Å²) < 4.78 is 10.2. The second-order valence-corrected chi connectivity index (χ2v) is 5.40. The van der Waals surface area contributed by atoms with Crippen LogP contribution in [-0.2, 0) is 14.3 Å². The molecule has 2 unspecified atom stereocenters. The third-order valence-corrected chi connectivity index (χ3v) is 2.10. The molecule has 0 bridgehead atoms. The number of ether oxygens (including phenoxy) is 2. The largest absolute Gasteiger partial charge is 0.461 e. The van der Waals surface area contributed by atoms with Crippen molar-refractivity contribution in [1.29, 1.82) is 0 Å². The topological polar surface area (TPSA) is 64.6 Å². The Balaban J connectivity index is 4.12. The van der Waals surface area contributed by atoms with E-state index >= 15 is 0 Å². The van der Waals surface area contributed by atoms with E-state index < -0.39 is 23.7 Å². The Kier molecular flexibility index (Phi) is 6.73. The van der Waals surface area contributed by atoms with Gasteiger partial charge in [0.05, 0.1) is 6.10 Å². The second-order valence-electron chi connectivity index (χ2n) is 5.40. The molecule has 0 rings (SSSR count). The van der Waals surface area contributed by atoms with Gasteiger partial charge in [-0.3, -0.25) is 0 Å². The summed E-state index contributed by atoms with van der Waals surface area (Å²) in [4.78, 5) is 23.1. The van der Waals surface area contributed by atoms with Crippen LogP contribution in [0.2, 0.25) is 0 Å². The van der Waals surface area contributed by atoms with Crippen molar-refractivity contribution in [3.8, 4) is 0 Å². The molecule has 0 aliphatic carbocycles. The minimum atomic E-state index is -0.709. The Labute approximate surface area is 109 Å². The highest BCUT2D eigenvalue weighted by Gasteiger charge is 2.22. The number of esters is 1. The first kappa shape index (κ1) is 16.7. The Hall–Kier alpha value is -1.26. The molecule has 0 aliphatic heterocycles. The van der Waals surface area contributed by atoms with E-state index in [0.717, 1.165) is 12.8 Å². The molecule has 5 heteroatoms. The number of amides is 1. The lowest BCUT2D eigenvalue weighted by Crippen LogP contribution is -2.43. The van der Waals surface area contributed by atoms with Gasteiger partial charge in [-0.1, -0.05) is 13.3 Å². The SMILES string of the molecule is CCCC(C)OC(=O)C(C)NC(=O)OC(C)(C)C. The summed E-state index contributed by atoms with van der Waals surface area (Å²) in [6.07, 6.45) is 1.01. The van der Waals surface area contributed by atoms with E-state index in [-0.39, 0.29) is 6.10 Å². The van der Waals surface area contributed by atoms with E-state index in [4.69, 9.17) is 9.47 Å². The lowest BCUT2D eigenvalue weighted by Gasteiger charge is -2.22. The zero-order chi connectivity index (χ0) is 14.3. The van der Waals surface area contributed by atoms with Crippen molar-refractivity contribution >= 4 is 12.1 Å². The van der Waals surface area contributed by atoms with Crippen LogP contribution in [0.4, 0.5) is 4.79 Å². The first-order valence-corrected chi connectivity index (χ1v) is 6.35. The maximum atomic E-state index is 11.6. The molecule has 5 nitrogen and oxygen atoms in total. The van der Waals surface area contributed by atoms with Crippen molar-refractivity contribution in [2.45, 2.75) is 72.1 Å². The van der Waals surface area contributed by atoms with Crippen molar-refractivity contribution in [1.82, 2.24) is 5.32 Å². The van der Waals surface area contributed by atoms with Crippen molar-refractivity contribution in [3.63, 3.8) is 0 Å². The number of alkyl carbamates (subject to hydrolysis) is 1. The second kappa shape index (κ2) is 7.24. The summed E-state index contributed by atoms with van der Waals surface area (Å²) in [5, 5.41) is 2.45. The molecule has 0 radical (unpaired) electrons. The molecule has 0 aliphatic rings. The molecule has 0 saturated carbocycles. The van der Waals surface area contributed by atoms with Gasteiger partial charge in [-0.25, -0.2) is 9.59 Å². The van der Waals surface area contributed by atoms with Crippen LogP contribution >= 0.6 is 0 Å². The van der Waals surface area contributed by atoms with Crippen LogP contribution < -0.4 is 5.32 Å². The highest BCUT2D eigenvalue weighted by atomic mass is 16.6. The average molecular weight is 259 g/mol. The van der Waals surface area contributed by atoms with Crippen LogP contribution in [0.1, 0.15) is 54.4 Å². The van der Waals surface area contributed by atoms with E-state index in [2.05, 4.69) is 5.32 Å². The Morgan fingerprint density at radius 2 is 1.78 bits per heavy atom. The average Bonchev–Trinajstić information content (AvgIpc) is 2.14. The van der Waals surface area contributed by atoms with Crippen molar-refractivity contribution in [3.05, 3.63) is 0 Å². The van der Waals surface area contributed by atoms with E-state index in [1.165, 1.54) is 0 Å². The summed E-state index contributed by atoms with van der Waals surface area (Å²) in [5.41, 5.74) is -0.580. The summed E-state index contributed by atoms with van der Waals surface area (Å²) >= 11 is 0. The zero-order valence-electron chi connectivity index (χ0n) is 12.2.